The van der Waals surface area contributed by atoms with Crippen LogP contribution in [0.3, 0.4) is 0 Å². The number of imidazole rings is 1. The highest BCUT2D eigenvalue weighted by Gasteiger charge is 2.14. The number of nitrogens with zero attached hydrogens (tertiary/aromatic N) is 1. The van der Waals surface area contributed by atoms with E-state index in [1.165, 1.54) is 0 Å². The molecule has 0 aliphatic carbocycles. The molecular weight excluding hydrogens is 190 g/mol. The van der Waals surface area contributed by atoms with E-state index < -0.39 is 0 Å². The van der Waals surface area contributed by atoms with Crippen LogP contribution in [0.4, 0.5) is 5.95 Å². The van der Waals surface area contributed by atoms with Crippen LogP contribution in [0, 0.1) is 0 Å². The van der Waals surface area contributed by atoms with Crippen molar-refractivity contribution in [3.05, 3.63) is 41.7 Å². The average Bonchev–Trinajstić information content (AvgIpc) is 2.65. The van der Waals surface area contributed by atoms with Gasteiger partial charge in [0.15, 0.2) is 5.95 Å². The quantitative estimate of drug-likeness (QED) is 0.697. The fourth-order valence-corrected chi connectivity index (χ4v) is 1.59. The van der Waals surface area contributed by atoms with E-state index in [0.29, 0.717) is 5.95 Å². The van der Waals surface area contributed by atoms with Gasteiger partial charge in [0.05, 0.1) is 5.69 Å². The zero-order valence-electron chi connectivity index (χ0n) is 8.44. The molecule has 0 amide bonds. The number of nitrogens with two attached hydrogens (primary N) is 1. The van der Waals surface area contributed by atoms with Gasteiger partial charge in [0.25, 0.3) is 0 Å². The van der Waals surface area contributed by atoms with Crippen LogP contribution in [0.5, 0.6) is 5.75 Å². The Morgan fingerprint density at radius 3 is 2.73 bits per heavy atom. The van der Waals surface area contributed by atoms with Gasteiger partial charge in [-0.3, -0.25) is 0 Å². The van der Waals surface area contributed by atoms with Gasteiger partial charge in [-0.05, 0) is 6.07 Å². The molecule has 1 aromatic carbocycles. The molecule has 0 bridgehead atoms. The Labute approximate surface area is 87.8 Å². The summed E-state index contributed by atoms with van der Waals surface area (Å²) in [6.45, 7) is 1.98. The number of aromatic nitrogens is 2. The van der Waals surface area contributed by atoms with E-state index in [2.05, 4.69) is 9.97 Å². The van der Waals surface area contributed by atoms with Gasteiger partial charge in [0.2, 0.25) is 0 Å². The first-order valence-electron chi connectivity index (χ1n) is 4.77. The smallest absolute Gasteiger partial charge is 0.197 e. The summed E-state index contributed by atoms with van der Waals surface area (Å²) in [6, 6.07) is 7.23. The van der Waals surface area contributed by atoms with Crippen molar-refractivity contribution < 1.29 is 5.11 Å². The predicted molar refractivity (Wildman–Crippen MR) is 58.6 cm³/mol. The number of phenolic OH excluding ortho intramolecular Hbond substituents is 1. The zero-order valence-corrected chi connectivity index (χ0v) is 8.44. The monoisotopic (exact) mass is 203 g/mol. The summed E-state index contributed by atoms with van der Waals surface area (Å²) in [5.74, 6) is 0.707. The summed E-state index contributed by atoms with van der Waals surface area (Å²) >= 11 is 0. The molecule has 0 radical (unpaired) electrons. The van der Waals surface area contributed by atoms with Gasteiger partial charge in [-0.25, -0.2) is 4.98 Å². The number of phenols is 1. The van der Waals surface area contributed by atoms with Crippen molar-refractivity contribution in [1.29, 1.82) is 0 Å². The fourth-order valence-electron chi connectivity index (χ4n) is 1.59. The summed E-state index contributed by atoms with van der Waals surface area (Å²) < 4.78 is 0. The van der Waals surface area contributed by atoms with E-state index in [9.17, 15) is 5.11 Å². The maximum absolute atomic E-state index is 9.68. The highest BCUT2D eigenvalue weighted by Crippen LogP contribution is 2.29. The highest BCUT2D eigenvalue weighted by molar-refractivity contribution is 5.39. The molecular formula is C11H13N3O. The Bertz CT molecular complexity index is 464. The number of anilines is 1. The number of aromatic hydroxyl groups is 1. The number of benzene rings is 1. The minimum atomic E-state index is 0.0275. The van der Waals surface area contributed by atoms with Crippen molar-refractivity contribution in [1.82, 2.24) is 9.97 Å². The molecule has 2 aromatic rings. The zero-order chi connectivity index (χ0) is 10.8. The van der Waals surface area contributed by atoms with Crippen molar-refractivity contribution in [2.24, 2.45) is 0 Å². The number of rotatable bonds is 2. The van der Waals surface area contributed by atoms with Crippen LogP contribution in [0.1, 0.15) is 24.1 Å². The molecule has 0 spiro atoms. The third-order valence-electron chi connectivity index (χ3n) is 2.46. The molecule has 0 aliphatic heterocycles. The number of nitrogen functional groups attached to an aromatic ring is 1. The topological polar surface area (TPSA) is 74.9 Å². The number of aromatic amines is 1. The molecule has 1 aromatic heterocycles. The third-order valence-corrected chi connectivity index (χ3v) is 2.46. The molecule has 2 rings (SSSR count). The highest BCUT2D eigenvalue weighted by atomic mass is 16.3. The first-order valence-corrected chi connectivity index (χ1v) is 4.77. The average molecular weight is 203 g/mol. The lowest BCUT2D eigenvalue weighted by molar-refractivity contribution is 0.466. The van der Waals surface area contributed by atoms with Gasteiger partial charge in [-0.1, -0.05) is 25.1 Å². The molecule has 1 unspecified atom stereocenters. The van der Waals surface area contributed by atoms with Crippen LogP contribution in [0.2, 0.25) is 0 Å². The molecule has 4 N–H and O–H groups in total. The van der Waals surface area contributed by atoms with Gasteiger partial charge < -0.3 is 15.8 Å². The SMILES string of the molecule is CC(c1c[nH]c(N)n1)c1ccccc1O. The molecule has 1 heterocycles. The summed E-state index contributed by atoms with van der Waals surface area (Å²) in [5, 5.41) is 9.68. The maximum Gasteiger partial charge on any atom is 0.197 e. The summed E-state index contributed by atoms with van der Waals surface area (Å²) in [5.41, 5.74) is 7.18. The van der Waals surface area contributed by atoms with Gasteiger partial charge in [-0.15, -0.1) is 0 Å². The Hall–Kier alpha value is -1.97. The van der Waals surface area contributed by atoms with Crippen LogP contribution in [0.25, 0.3) is 0 Å². The number of nitrogens with one attached hydrogen (secondary N) is 1. The van der Waals surface area contributed by atoms with Crippen LogP contribution < -0.4 is 5.73 Å². The van der Waals surface area contributed by atoms with Crippen molar-refractivity contribution in [3.63, 3.8) is 0 Å². The number of hydrogen-bond acceptors (Lipinski definition) is 3. The van der Waals surface area contributed by atoms with Crippen LogP contribution in [-0.4, -0.2) is 15.1 Å². The van der Waals surface area contributed by atoms with Crippen LogP contribution in [0.15, 0.2) is 30.5 Å². The molecule has 15 heavy (non-hydrogen) atoms. The molecule has 78 valence electrons. The molecule has 0 saturated carbocycles. The standard InChI is InChI=1S/C11H13N3O/c1-7(9-6-13-11(12)14-9)8-4-2-3-5-10(8)15/h2-7,15H,1H3,(H3,12,13,14). The lowest BCUT2D eigenvalue weighted by Gasteiger charge is -2.10. The fraction of sp³-hybridized carbons (Fsp3) is 0.182. The number of H-pyrrole nitrogens is 1. The first-order chi connectivity index (χ1) is 7.18. The van der Waals surface area contributed by atoms with Gasteiger partial charge >= 0.3 is 0 Å². The second-order valence-electron chi connectivity index (χ2n) is 3.49. The van der Waals surface area contributed by atoms with E-state index in [-0.39, 0.29) is 11.7 Å². The normalized spacial score (nSPS) is 12.6. The van der Waals surface area contributed by atoms with Crippen molar-refractivity contribution in [2.75, 3.05) is 5.73 Å². The Morgan fingerprint density at radius 2 is 2.13 bits per heavy atom. The summed E-state index contributed by atoms with van der Waals surface area (Å²) in [6.07, 6.45) is 1.76. The molecule has 0 aliphatic rings. The van der Waals surface area contributed by atoms with E-state index in [0.717, 1.165) is 11.3 Å². The predicted octanol–water partition coefficient (Wildman–Crippen LogP) is 1.85. The summed E-state index contributed by atoms with van der Waals surface area (Å²) in [4.78, 5) is 6.96. The van der Waals surface area contributed by atoms with E-state index in [1.807, 2.05) is 19.1 Å². The van der Waals surface area contributed by atoms with Gasteiger partial charge in [0, 0.05) is 17.7 Å². The lowest BCUT2D eigenvalue weighted by atomic mass is 9.97. The number of hydrogen-bond donors (Lipinski definition) is 3. The minimum Gasteiger partial charge on any atom is -0.508 e. The molecule has 4 nitrogen and oxygen atoms in total. The van der Waals surface area contributed by atoms with Crippen molar-refractivity contribution in [2.45, 2.75) is 12.8 Å². The first kappa shape index (κ1) is 9.58. The Balaban J connectivity index is 2.36. The molecule has 4 heteroatoms. The summed E-state index contributed by atoms with van der Waals surface area (Å²) in [7, 11) is 0. The Kier molecular flexibility index (Phi) is 2.33. The van der Waals surface area contributed by atoms with E-state index in [4.69, 9.17) is 5.73 Å². The second kappa shape index (κ2) is 3.65. The second-order valence-corrected chi connectivity index (χ2v) is 3.49. The van der Waals surface area contributed by atoms with E-state index >= 15 is 0 Å². The molecule has 0 fully saturated rings. The van der Waals surface area contributed by atoms with Crippen LogP contribution >= 0.6 is 0 Å². The van der Waals surface area contributed by atoms with Gasteiger partial charge in [-0.2, -0.15) is 0 Å². The minimum absolute atomic E-state index is 0.0275. The van der Waals surface area contributed by atoms with Crippen LogP contribution in [-0.2, 0) is 0 Å². The third kappa shape index (κ3) is 1.79. The maximum atomic E-state index is 9.68. The van der Waals surface area contributed by atoms with Crippen molar-refractivity contribution >= 4 is 5.95 Å². The van der Waals surface area contributed by atoms with Crippen molar-refractivity contribution in [3.8, 4) is 5.75 Å². The Morgan fingerprint density at radius 1 is 1.40 bits per heavy atom. The van der Waals surface area contributed by atoms with E-state index in [1.54, 1.807) is 18.3 Å². The number of para-hydroxylation sites is 1. The molecule has 1 atom stereocenters. The largest absolute Gasteiger partial charge is 0.508 e. The van der Waals surface area contributed by atoms with Gasteiger partial charge in [0.1, 0.15) is 5.75 Å². The lowest BCUT2D eigenvalue weighted by Crippen LogP contribution is -1.97. The molecule has 0 saturated heterocycles.